The normalized spacial score (nSPS) is 18.1. The van der Waals surface area contributed by atoms with Crippen LogP contribution in [0, 0.1) is 0 Å². The molecule has 1 aliphatic rings. The van der Waals surface area contributed by atoms with Crippen LogP contribution in [0.2, 0.25) is 0 Å². The van der Waals surface area contributed by atoms with Gasteiger partial charge in [-0.05, 0) is 26.7 Å². The molecule has 0 unspecified atom stereocenters. The molecular formula is C12H24N2O2. The van der Waals surface area contributed by atoms with Crippen molar-refractivity contribution in [2.45, 2.75) is 45.1 Å². The Balaban J connectivity index is 2.43. The van der Waals surface area contributed by atoms with Crippen LogP contribution in [0.5, 0.6) is 0 Å². The fraction of sp³-hybridized carbons (Fsp3) is 0.917. The number of carbonyl (C=O) groups excluding carboxylic acids is 1. The van der Waals surface area contributed by atoms with Gasteiger partial charge in [0.25, 0.3) is 0 Å². The van der Waals surface area contributed by atoms with Crippen molar-refractivity contribution in [1.82, 2.24) is 10.2 Å². The van der Waals surface area contributed by atoms with Gasteiger partial charge in [0.2, 0.25) is 0 Å². The van der Waals surface area contributed by atoms with E-state index in [1.165, 1.54) is 12.8 Å². The summed E-state index contributed by atoms with van der Waals surface area (Å²) in [4.78, 5) is 13.9. The van der Waals surface area contributed by atoms with E-state index in [1.54, 1.807) is 7.11 Å². The van der Waals surface area contributed by atoms with Crippen LogP contribution in [0.15, 0.2) is 0 Å². The van der Waals surface area contributed by atoms with Crippen molar-refractivity contribution in [2.75, 3.05) is 26.8 Å². The number of hydrogen-bond acceptors (Lipinski definition) is 2. The van der Waals surface area contributed by atoms with Crippen molar-refractivity contribution in [3.05, 3.63) is 0 Å². The summed E-state index contributed by atoms with van der Waals surface area (Å²) in [7, 11) is 1.65. The van der Waals surface area contributed by atoms with Crippen LogP contribution in [0.3, 0.4) is 0 Å². The van der Waals surface area contributed by atoms with Crippen molar-refractivity contribution in [1.29, 1.82) is 0 Å². The summed E-state index contributed by atoms with van der Waals surface area (Å²) >= 11 is 0. The molecule has 0 bridgehead atoms. The summed E-state index contributed by atoms with van der Waals surface area (Å²) in [5, 5.41) is 3.02. The van der Waals surface area contributed by atoms with Gasteiger partial charge in [-0.1, -0.05) is 12.8 Å². The van der Waals surface area contributed by atoms with E-state index in [4.69, 9.17) is 4.74 Å². The lowest BCUT2D eigenvalue weighted by atomic mass is 10.1. The third-order valence-electron chi connectivity index (χ3n) is 2.84. The summed E-state index contributed by atoms with van der Waals surface area (Å²) in [5.41, 5.74) is -0.294. The molecule has 4 heteroatoms. The molecule has 0 aromatic carbocycles. The fourth-order valence-corrected chi connectivity index (χ4v) is 2.04. The van der Waals surface area contributed by atoms with Gasteiger partial charge in [-0.3, -0.25) is 0 Å². The number of carbonyl (C=O) groups is 1. The van der Waals surface area contributed by atoms with Crippen molar-refractivity contribution < 1.29 is 9.53 Å². The standard InChI is InChI=1S/C12H24N2O2/c1-12(2,10-16-3)13-11(15)14-8-6-4-5-7-9-14/h4-10H2,1-3H3,(H,13,15). The molecule has 2 amide bonds. The lowest BCUT2D eigenvalue weighted by Gasteiger charge is -2.29. The second kappa shape index (κ2) is 6.09. The van der Waals surface area contributed by atoms with E-state index in [1.807, 2.05) is 18.7 Å². The molecule has 1 rings (SSSR count). The van der Waals surface area contributed by atoms with Crippen LogP contribution in [-0.2, 0) is 4.74 Å². The summed E-state index contributed by atoms with van der Waals surface area (Å²) in [5.74, 6) is 0. The first kappa shape index (κ1) is 13.3. The maximum atomic E-state index is 12.0. The summed E-state index contributed by atoms with van der Waals surface area (Å²) in [6.07, 6.45) is 4.73. The number of ether oxygens (including phenoxy) is 1. The third-order valence-corrected chi connectivity index (χ3v) is 2.84. The number of rotatable bonds is 3. The number of urea groups is 1. The molecule has 0 aromatic heterocycles. The van der Waals surface area contributed by atoms with Crippen LogP contribution in [0.4, 0.5) is 4.79 Å². The maximum absolute atomic E-state index is 12.0. The van der Waals surface area contributed by atoms with E-state index in [0.29, 0.717) is 6.61 Å². The Morgan fingerprint density at radius 1 is 1.25 bits per heavy atom. The maximum Gasteiger partial charge on any atom is 0.317 e. The first-order valence-corrected chi connectivity index (χ1v) is 6.11. The van der Waals surface area contributed by atoms with Crippen molar-refractivity contribution in [3.8, 4) is 0 Å². The quantitative estimate of drug-likeness (QED) is 0.802. The van der Waals surface area contributed by atoms with Gasteiger partial charge in [0, 0.05) is 20.2 Å². The van der Waals surface area contributed by atoms with Gasteiger partial charge in [-0.15, -0.1) is 0 Å². The number of nitrogens with one attached hydrogen (secondary N) is 1. The second-order valence-electron chi connectivity index (χ2n) is 5.15. The molecule has 16 heavy (non-hydrogen) atoms. The molecule has 1 heterocycles. The Bertz CT molecular complexity index is 221. The molecule has 0 atom stereocenters. The molecule has 94 valence electrons. The lowest BCUT2D eigenvalue weighted by Crippen LogP contribution is -2.52. The molecule has 0 aliphatic carbocycles. The zero-order chi connectivity index (χ0) is 12.0. The SMILES string of the molecule is COCC(C)(C)NC(=O)N1CCCCCC1. The van der Waals surface area contributed by atoms with Crippen LogP contribution >= 0.6 is 0 Å². The van der Waals surface area contributed by atoms with Crippen molar-refractivity contribution in [3.63, 3.8) is 0 Å². The zero-order valence-corrected chi connectivity index (χ0v) is 10.7. The summed E-state index contributed by atoms with van der Waals surface area (Å²) in [6, 6.07) is 0.0453. The highest BCUT2D eigenvalue weighted by Gasteiger charge is 2.23. The predicted molar refractivity (Wildman–Crippen MR) is 64.5 cm³/mol. The van der Waals surface area contributed by atoms with E-state index < -0.39 is 0 Å². The molecule has 4 nitrogen and oxygen atoms in total. The lowest BCUT2D eigenvalue weighted by molar-refractivity contribution is 0.123. The van der Waals surface area contributed by atoms with Crippen molar-refractivity contribution >= 4 is 6.03 Å². The number of likely N-dealkylation sites (tertiary alicyclic amines) is 1. The van der Waals surface area contributed by atoms with Crippen LogP contribution in [0.1, 0.15) is 39.5 Å². The Morgan fingerprint density at radius 2 is 1.81 bits per heavy atom. The summed E-state index contributed by atoms with van der Waals surface area (Å²) in [6.45, 7) is 6.26. The first-order valence-electron chi connectivity index (χ1n) is 6.11. The van der Waals surface area contributed by atoms with Gasteiger partial charge in [-0.25, -0.2) is 4.79 Å². The highest BCUT2D eigenvalue weighted by atomic mass is 16.5. The zero-order valence-electron chi connectivity index (χ0n) is 10.7. The Morgan fingerprint density at radius 3 is 2.31 bits per heavy atom. The molecule has 0 aromatic rings. The van der Waals surface area contributed by atoms with E-state index in [2.05, 4.69) is 5.32 Å². The van der Waals surface area contributed by atoms with E-state index >= 15 is 0 Å². The average Bonchev–Trinajstić information content (AvgIpc) is 2.44. The Hall–Kier alpha value is -0.770. The van der Waals surface area contributed by atoms with Gasteiger partial charge >= 0.3 is 6.03 Å². The third kappa shape index (κ3) is 4.39. The smallest absolute Gasteiger partial charge is 0.317 e. The van der Waals surface area contributed by atoms with Crippen LogP contribution < -0.4 is 5.32 Å². The topological polar surface area (TPSA) is 41.6 Å². The number of nitrogens with zero attached hydrogens (tertiary/aromatic N) is 1. The molecule has 1 saturated heterocycles. The fourth-order valence-electron chi connectivity index (χ4n) is 2.04. The molecule has 1 N–H and O–H groups in total. The van der Waals surface area contributed by atoms with E-state index in [-0.39, 0.29) is 11.6 Å². The molecule has 0 spiro atoms. The molecule has 0 radical (unpaired) electrons. The number of methoxy groups -OCH3 is 1. The minimum absolute atomic E-state index is 0.0453. The average molecular weight is 228 g/mol. The van der Waals surface area contributed by atoms with Gasteiger partial charge in [0.1, 0.15) is 0 Å². The summed E-state index contributed by atoms with van der Waals surface area (Å²) < 4.78 is 5.09. The Kier molecular flexibility index (Phi) is 5.06. The minimum Gasteiger partial charge on any atom is -0.382 e. The second-order valence-corrected chi connectivity index (χ2v) is 5.15. The van der Waals surface area contributed by atoms with Crippen LogP contribution in [-0.4, -0.2) is 43.3 Å². The van der Waals surface area contributed by atoms with Gasteiger partial charge in [0.15, 0.2) is 0 Å². The monoisotopic (exact) mass is 228 g/mol. The van der Waals surface area contributed by atoms with Gasteiger partial charge < -0.3 is 15.0 Å². The van der Waals surface area contributed by atoms with E-state index in [9.17, 15) is 4.79 Å². The molecule has 1 aliphatic heterocycles. The van der Waals surface area contributed by atoms with Crippen molar-refractivity contribution in [2.24, 2.45) is 0 Å². The van der Waals surface area contributed by atoms with Gasteiger partial charge in [0.05, 0.1) is 12.1 Å². The first-order chi connectivity index (χ1) is 7.55. The molecular weight excluding hydrogens is 204 g/mol. The highest BCUT2D eigenvalue weighted by Crippen LogP contribution is 2.11. The minimum atomic E-state index is -0.294. The molecule has 1 fully saturated rings. The molecule has 0 saturated carbocycles. The van der Waals surface area contributed by atoms with Gasteiger partial charge in [-0.2, -0.15) is 0 Å². The number of amides is 2. The predicted octanol–water partition coefficient (Wildman–Crippen LogP) is 2.00. The Labute approximate surface area is 98.3 Å². The van der Waals surface area contributed by atoms with E-state index in [0.717, 1.165) is 25.9 Å². The highest BCUT2D eigenvalue weighted by molar-refractivity contribution is 5.75. The van der Waals surface area contributed by atoms with Crippen LogP contribution in [0.25, 0.3) is 0 Å². The largest absolute Gasteiger partial charge is 0.382 e. The number of hydrogen-bond donors (Lipinski definition) is 1.